The molecule has 2 rings (SSSR count). The van der Waals surface area contributed by atoms with Crippen LogP contribution < -0.4 is 14.8 Å². The lowest BCUT2D eigenvalue weighted by atomic mass is 10.1. The number of nitrogens with one attached hydrogen (secondary N) is 1. The van der Waals surface area contributed by atoms with Crippen molar-refractivity contribution in [3.63, 3.8) is 0 Å². The number of halogens is 1. The van der Waals surface area contributed by atoms with Gasteiger partial charge in [0.25, 0.3) is 5.91 Å². The Morgan fingerprint density at radius 1 is 1.32 bits per heavy atom. The van der Waals surface area contributed by atoms with Gasteiger partial charge in [-0.2, -0.15) is 0 Å². The van der Waals surface area contributed by atoms with E-state index in [2.05, 4.69) is 10.3 Å². The van der Waals surface area contributed by atoms with E-state index < -0.39 is 0 Å². The Balaban J connectivity index is 2.21. The molecular formula is C16H17ClN2O3. The molecule has 0 saturated heterocycles. The van der Waals surface area contributed by atoms with Gasteiger partial charge < -0.3 is 14.8 Å². The second-order valence-corrected chi connectivity index (χ2v) is 5.08. The lowest BCUT2D eigenvalue weighted by Crippen LogP contribution is -2.26. The van der Waals surface area contributed by atoms with Gasteiger partial charge in [0, 0.05) is 18.0 Å². The lowest BCUT2D eigenvalue weighted by molar-refractivity contribution is 0.0939. The second kappa shape index (κ2) is 7.13. The number of ether oxygens (including phenoxy) is 2. The van der Waals surface area contributed by atoms with Gasteiger partial charge in [-0.15, -0.1) is 0 Å². The predicted molar refractivity (Wildman–Crippen MR) is 84.7 cm³/mol. The third-order valence-electron chi connectivity index (χ3n) is 3.23. The largest absolute Gasteiger partial charge is 0.493 e. The van der Waals surface area contributed by atoms with Gasteiger partial charge in [0.05, 0.1) is 25.3 Å². The fourth-order valence-corrected chi connectivity index (χ4v) is 2.33. The van der Waals surface area contributed by atoms with Crippen LogP contribution in [0.15, 0.2) is 36.7 Å². The zero-order valence-corrected chi connectivity index (χ0v) is 13.3. The summed E-state index contributed by atoms with van der Waals surface area (Å²) in [6.45, 7) is 1.89. The van der Waals surface area contributed by atoms with Crippen molar-refractivity contribution in [2.24, 2.45) is 0 Å². The Labute approximate surface area is 134 Å². The van der Waals surface area contributed by atoms with Gasteiger partial charge in [-0.3, -0.25) is 9.78 Å². The highest BCUT2D eigenvalue weighted by atomic mass is 35.5. The Morgan fingerprint density at radius 3 is 2.68 bits per heavy atom. The number of rotatable bonds is 5. The number of benzene rings is 1. The Bertz CT molecular complexity index is 662. The SMILES string of the molecule is COc1cc(C(=O)N[C@H](C)c2cccnc2)cc(Cl)c1OC. The highest BCUT2D eigenvalue weighted by molar-refractivity contribution is 6.32. The first-order valence-electron chi connectivity index (χ1n) is 6.69. The maximum Gasteiger partial charge on any atom is 0.251 e. The van der Waals surface area contributed by atoms with E-state index in [1.165, 1.54) is 14.2 Å². The van der Waals surface area contributed by atoms with E-state index in [-0.39, 0.29) is 11.9 Å². The predicted octanol–water partition coefficient (Wildman–Crippen LogP) is 3.24. The normalized spacial score (nSPS) is 11.6. The quantitative estimate of drug-likeness (QED) is 0.918. The van der Waals surface area contributed by atoms with Gasteiger partial charge in [0.15, 0.2) is 11.5 Å². The number of nitrogens with zero attached hydrogens (tertiary/aromatic N) is 1. The maximum absolute atomic E-state index is 12.4. The first kappa shape index (κ1) is 16.1. The molecule has 0 saturated carbocycles. The molecule has 116 valence electrons. The number of hydrogen-bond acceptors (Lipinski definition) is 4. The average molecular weight is 321 g/mol. The van der Waals surface area contributed by atoms with Crippen molar-refractivity contribution in [1.29, 1.82) is 0 Å². The Morgan fingerprint density at radius 2 is 2.09 bits per heavy atom. The molecule has 2 aromatic rings. The number of amides is 1. The molecular weight excluding hydrogens is 304 g/mol. The minimum Gasteiger partial charge on any atom is -0.493 e. The molecule has 0 spiro atoms. The van der Waals surface area contributed by atoms with E-state index in [0.29, 0.717) is 22.1 Å². The summed E-state index contributed by atoms with van der Waals surface area (Å²) in [5, 5.41) is 3.21. The van der Waals surface area contributed by atoms with E-state index in [0.717, 1.165) is 5.56 Å². The van der Waals surface area contributed by atoms with Crippen LogP contribution in [0.5, 0.6) is 11.5 Å². The molecule has 0 aliphatic rings. The average Bonchev–Trinajstić information content (AvgIpc) is 2.54. The third kappa shape index (κ3) is 3.49. The summed E-state index contributed by atoms with van der Waals surface area (Å²) in [4.78, 5) is 16.4. The molecule has 0 fully saturated rings. The molecule has 0 radical (unpaired) electrons. The maximum atomic E-state index is 12.4. The summed E-state index contributed by atoms with van der Waals surface area (Å²) in [7, 11) is 2.99. The molecule has 22 heavy (non-hydrogen) atoms. The van der Waals surface area contributed by atoms with Gasteiger partial charge >= 0.3 is 0 Å². The highest BCUT2D eigenvalue weighted by Gasteiger charge is 2.17. The van der Waals surface area contributed by atoms with E-state index >= 15 is 0 Å². The Hall–Kier alpha value is -2.27. The van der Waals surface area contributed by atoms with Crippen molar-refractivity contribution < 1.29 is 14.3 Å². The molecule has 5 nitrogen and oxygen atoms in total. The smallest absolute Gasteiger partial charge is 0.251 e. The zero-order chi connectivity index (χ0) is 16.1. The minimum absolute atomic E-state index is 0.173. The van der Waals surface area contributed by atoms with Crippen LogP contribution in [-0.4, -0.2) is 25.1 Å². The molecule has 1 atom stereocenters. The van der Waals surface area contributed by atoms with Gasteiger partial charge in [0.1, 0.15) is 0 Å². The van der Waals surface area contributed by atoms with Crippen LogP contribution >= 0.6 is 11.6 Å². The summed E-state index contributed by atoms with van der Waals surface area (Å²) in [6, 6.07) is 6.70. The lowest BCUT2D eigenvalue weighted by Gasteiger charge is -2.15. The van der Waals surface area contributed by atoms with E-state index in [1.54, 1.807) is 24.5 Å². The van der Waals surface area contributed by atoms with Crippen LogP contribution in [0.3, 0.4) is 0 Å². The first-order valence-corrected chi connectivity index (χ1v) is 7.07. The van der Waals surface area contributed by atoms with Gasteiger partial charge in [0.2, 0.25) is 0 Å². The Kier molecular flexibility index (Phi) is 5.22. The summed E-state index contributed by atoms with van der Waals surface area (Å²) >= 11 is 6.12. The number of carbonyl (C=O) groups is 1. The molecule has 1 aromatic carbocycles. The monoisotopic (exact) mass is 320 g/mol. The molecule has 0 aliphatic carbocycles. The zero-order valence-electron chi connectivity index (χ0n) is 12.6. The van der Waals surface area contributed by atoms with Crippen molar-refractivity contribution in [2.45, 2.75) is 13.0 Å². The number of aromatic nitrogens is 1. The summed E-state index contributed by atoms with van der Waals surface area (Å²) in [5.74, 6) is 0.564. The van der Waals surface area contributed by atoms with Gasteiger partial charge in [-0.25, -0.2) is 0 Å². The topological polar surface area (TPSA) is 60.5 Å². The van der Waals surface area contributed by atoms with Crippen LogP contribution in [-0.2, 0) is 0 Å². The van der Waals surface area contributed by atoms with E-state index in [9.17, 15) is 4.79 Å². The van der Waals surface area contributed by atoms with Crippen LogP contribution in [0.2, 0.25) is 5.02 Å². The van der Waals surface area contributed by atoms with Crippen LogP contribution in [0.25, 0.3) is 0 Å². The molecule has 6 heteroatoms. The fourth-order valence-electron chi connectivity index (χ4n) is 2.04. The van der Waals surface area contributed by atoms with E-state index in [4.69, 9.17) is 21.1 Å². The van der Waals surface area contributed by atoms with Gasteiger partial charge in [-0.1, -0.05) is 17.7 Å². The summed E-state index contributed by atoms with van der Waals surface area (Å²) < 4.78 is 10.4. The van der Waals surface area contributed by atoms with Crippen LogP contribution in [0.1, 0.15) is 28.9 Å². The number of carbonyl (C=O) groups excluding carboxylic acids is 1. The molecule has 1 heterocycles. The number of hydrogen-bond donors (Lipinski definition) is 1. The van der Waals surface area contributed by atoms with Crippen molar-refractivity contribution in [1.82, 2.24) is 10.3 Å². The fraction of sp³-hybridized carbons (Fsp3) is 0.250. The number of methoxy groups -OCH3 is 2. The standard InChI is InChI=1S/C16H17ClN2O3/c1-10(11-5-4-6-18-9-11)19-16(20)12-7-13(17)15(22-3)14(8-12)21-2/h4-10H,1-3H3,(H,19,20)/t10-/m1/s1. The molecule has 1 N–H and O–H groups in total. The molecule has 1 aromatic heterocycles. The van der Waals surface area contributed by atoms with Crippen LogP contribution in [0, 0.1) is 0 Å². The molecule has 0 bridgehead atoms. The summed E-state index contributed by atoms with van der Waals surface area (Å²) in [5.41, 5.74) is 1.32. The molecule has 0 aliphatic heterocycles. The molecule has 1 amide bonds. The first-order chi connectivity index (χ1) is 10.6. The summed E-state index contributed by atoms with van der Waals surface area (Å²) in [6.07, 6.45) is 3.40. The van der Waals surface area contributed by atoms with E-state index in [1.807, 2.05) is 19.1 Å². The molecule has 0 unspecified atom stereocenters. The van der Waals surface area contributed by atoms with Gasteiger partial charge in [-0.05, 0) is 30.7 Å². The third-order valence-corrected chi connectivity index (χ3v) is 3.51. The van der Waals surface area contributed by atoms with Crippen molar-refractivity contribution in [3.8, 4) is 11.5 Å². The highest BCUT2D eigenvalue weighted by Crippen LogP contribution is 2.36. The van der Waals surface area contributed by atoms with Crippen molar-refractivity contribution in [3.05, 3.63) is 52.8 Å². The second-order valence-electron chi connectivity index (χ2n) is 4.68. The van der Waals surface area contributed by atoms with Crippen LogP contribution in [0.4, 0.5) is 0 Å². The van der Waals surface area contributed by atoms with Crippen molar-refractivity contribution >= 4 is 17.5 Å². The van der Waals surface area contributed by atoms with Crippen molar-refractivity contribution in [2.75, 3.05) is 14.2 Å². The minimum atomic E-state index is -0.251. The number of pyridine rings is 1.